The van der Waals surface area contributed by atoms with E-state index in [1.54, 1.807) is 0 Å². The van der Waals surface area contributed by atoms with Gasteiger partial charge in [-0.2, -0.15) is 23.5 Å². The molecule has 3 unspecified atom stereocenters. The molecule has 2 aliphatic heterocycles. The highest BCUT2D eigenvalue weighted by Gasteiger charge is 2.45. The van der Waals surface area contributed by atoms with Crippen LogP contribution < -0.4 is 5.32 Å². The van der Waals surface area contributed by atoms with Crippen LogP contribution in [0.4, 0.5) is 0 Å². The van der Waals surface area contributed by atoms with Gasteiger partial charge in [0.1, 0.15) is 12.1 Å². The third-order valence-electron chi connectivity index (χ3n) is 4.03. The predicted octanol–water partition coefficient (Wildman–Crippen LogP) is 1.99. The minimum absolute atomic E-state index is 0.00508. The summed E-state index contributed by atoms with van der Waals surface area (Å²) in [7, 11) is 0. The number of thioether (sulfide) groups is 2. The first-order valence-electron chi connectivity index (χ1n) is 7.64. The van der Waals surface area contributed by atoms with Crippen molar-refractivity contribution < 1.29 is 9.59 Å². The third-order valence-corrected chi connectivity index (χ3v) is 6.86. The Labute approximate surface area is 136 Å². The van der Waals surface area contributed by atoms with E-state index in [2.05, 4.69) is 5.32 Å². The Kier molecular flexibility index (Phi) is 5.52. The molecule has 2 aliphatic rings. The van der Waals surface area contributed by atoms with Crippen molar-refractivity contribution in [3.8, 4) is 0 Å². The molecule has 0 aromatic rings. The number of rotatable bonds is 3. The number of hydrogen-bond acceptors (Lipinski definition) is 4. The van der Waals surface area contributed by atoms with Gasteiger partial charge in [0.25, 0.3) is 0 Å². The summed E-state index contributed by atoms with van der Waals surface area (Å²) < 4.78 is 0. The van der Waals surface area contributed by atoms with Crippen molar-refractivity contribution in [2.45, 2.75) is 51.4 Å². The third kappa shape index (κ3) is 3.89. The minimum Gasteiger partial charge on any atom is -0.342 e. The second-order valence-electron chi connectivity index (χ2n) is 6.79. The van der Waals surface area contributed by atoms with Crippen molar-refractivity contribution in [2.24, 2.45) is 5.41 Å². The fourth-order valence-electron chi connectivity index (χ4n) is 2.83. The molecule has 2 amide bonds. The Morgan fingerprint density at radius 2 is 2.00 bits per heavy atom. The Bertz CT molecular complexity index is 403. The number of nitrogens with zero attached hydrogens (tertiary/aromatic N) is 1. The van der Waals surface area contributed by atoms with Crippen LogP contribution in [0, 0.1) is 5.41 Å². The summed E-state index contributed by atoms with van der Waals surface area (Å²) in [5, 5.41) is 3.38. The highest BCUT2D eigenvalue weighted by atomic mass is 32.2. The minimum atomic E-state index is -0.408. The molecular formula is C15H26N2O2S2. The van der Waals surface area contributed by atoms with E-state index in [0.717, 1.165) is 11.5 Å². The van der Waals surface area contributed by atoms with Gasteiger partial charge in [0.05, 0.1) is 0 Å². The van der Waals surface area contributed by atoms with Crippen LogP contribution >= 0.6 is 23.5 Å². The molecule has 0 radical (unpaired) electrons. The van der Waals surface area contributed by atoms with Gasteiger partial charge in [-0.05, 0) is 11.8 Å². The SMILES string of the molecule is CCC1C(=O)NC(C(C)(C)C)C(=O)N1CC1CSCCS1. The molecule has 0 aromatic heterocycles. The fraction of sp³-hybridized carbons (Fsp3) is 0.867. The largest absolute Gasteiger partial charge is 0.342 e. The number of carbonyl (C=O) groups is 2. The van der Waals surface area contributed by atoms with Crippen molar-refractivity contribution >= 4 is 35.3 Å². The van der Waals surface area contributed by atoms with Crippen LogP contribution in [0.1, 0.15) is 34.1 Å². The second-order valence-corrected chi connectivity index (χ2v) is 9.35. The average molecular weight is 331 g/mol. The first-order chi connectivity index (χ1) is 9.84. The van der Waals surface area contributed by atoms with Crippen molar-refractivity contribution in [1.82, 2.24) is 10.2 Å². The molecule has 0 aliphatic carbocycles. The zero-order chi connectivity index (χ0) is 15.6. The van der Waals surface area contributed by atoms with Gasteiger partial charge in [-0.25, -0.2) is 0 Å². The lowest BCUT2D eigenvalue weighted by atomic mass is 9.83. The van der Waals surface area contributed by atoms with E-state index in [4.69, 9.17) is 0 Å². The summed E-state index contributed by atoms with van der Waals surface area (Å²) in [4.78, 5) is 27.1. The summed E-state index contributed by atoms with van der Waals surface area (Å²) in [5.41, 5.74) is -0.252. The Hall–Kier alpha value is -0.360. The predicted molar refractivity (Wildman–Crippen MR) is 90.7 cm³/mol. The maximum absolute atomic E-state index is 12.9. The van der Waals surface area contributed by atoms with Crippen LogP contribution in [0.15, 0.2) is 0 Å². The Balaban J connectivity index is 2.16. The zero-order valence-corrected chi connectivity index (χ0v) is 15.0. The molecule has 4 nitrogen and oxygen atoms in total. The second kappa shape index (κ2) is 6.82. The quantitative estimate of drug-likeness (QED) is 0.860. The molecule has 3 atom stereocenters. The van der Waals surface area contributed by atoms with Crippen molar-refractivity contribution in [1.29, 1.82) is 0 Å². The molecule has 0 saturated carbocycles. The molecule has 0 spiro atoms. The first-order valence-corrected chi connectivity index (χ1v) is 9.85. The Morgan fingerprint density at radius 1 is 1.29 bits per heavy atom. The van der Waals surface area contributed by atoms with Crippen molar-refractivity contribution in [2.75, 3.05) is 23.8 Å². The van der Waals surface area contributed by atoms with E-state index in [0.29, 0.717) is 18.2 Å². The number of nitrogens with one attached hydrogen (secondary N) is 1. The van der Waals surface area contributed by atoms with E-state index < -0.39 is 6.04 Å². The van der Waals surface area contributed by atoms with E-state index in [1.165, 1.54) is 5.75 Å². The zero-order valence-electron chi connectivity index (χ0n) is 13.3. The van der Waals surface area contributed by atoms with Gasteiger partial charge in [0.2, 0.25) is 11.8 Å². The molecule has 6 heteroatoms. The fourth-order valence-corrected chi connectivity index (χ4v) is 5.50. The van der Waals surface area contributed by atoms with Gasteiger partial charge in [0.15, 0.2) is 0 Å². The molecule has 21 heavy (non-hydrogen) atoms. The number of piperazine rings is 1. The molecule has 0 aromatic carbocycles. The highest BCUT2D eigenvalue weighted by molar-refractivity contribution is 8.06. The maximum Gasteiger partial charge on any atom is 0.246 e. The molecule has 1 N–H and O–H groups in total. The van der Waals surface area contributed by atoms with Gasteiger partial charge in [-0.15, -0.1) is 0 Å². The lowest BCUT2D eigenvalue weighted by Gasteiger charge is -2.44. The standard InChI is InChI=1S/C15H26N2O2S2/c1-5-11-13(18)16-12(15(2,3)4)14(19)17(11)8-10-9-20-6-7-21-10/h10-12H,5-9H2,1-4H3,(H,16,18). The lowest BCUT2D eigenvalue weighted by Crippen LogP contribution is -2.67. The van der Waals surface area contributed by atoms with Crippen LogP contribution in [0.2, 0.25) is 0 Å². The molecule has 120 valence electrons. The number of hydrogen-bond donors (Lipinski definition) is 1. The van der Waals surface area contributed by atoms with Gasteiger partial charge >= 0.3 is 0 Å². The smallest absolute Gasteiger partial charge is 0.246 e. The van der Waals surface area contributed by atoms with Crippen molar-refractivity contribution in [3.05, 3.63) is 0 Å². The summed E-state index contributed by atoms with van der Waals surface area (Å²) in [6.45, 7) is 8.70. The first kappa shape index (κ1) is 17.0. The molecule has 0 bridgehead atoms. The van der Waals surface area contributed by atoms with Gasteiger partial charge in [-0.1, -0.05) is 27.7 Å². The van der Waals surface area contributed by atoms with Crippen molar-refractivity contribution in [3.63, 3.8) is 0 Å². The maximum atomic E-state index is 12.9. The molecule has 2 fully saturated rings. The van der Waals surface area contributed by atoms with Crippen LogP contribution in [0.25, 0.3) is 0 Å². The van der Waals surface area contributed by atoms with Gasteiger partial charge in [0, 0.05) is 29.1 Å². The average Bonchev–Trinajstić information content (AvgIpc) is 2.42. The number of amides is 2. The highest BCUT2D eigenvalue weighted by Crippen LogP contribution is 2.29. The van der Waals surface area contributed by atoms with Crippen LogP contribution in [-0.2, 0) is 9.59 Å². The normalized spacial score (nSPS) is 31.2. The summed E-state index contributed by atoms with van der Waals surface area (Å²) >= 11 is 3.88. The molecular weight excluding hydrogens is 304 g/mol. The van der Waals surface area contributed by atoms with E-state index in [-0.39, 0.29) is 23.3 Å². The number of carbonyl (C=O) groups excluding carboxylic acids is 2. The molecule has 2 heterocycles. The van der Waals surface area contributed by atoms with Crippen LogP contribution in [-0.4, -0.2) is 57.9 Å². The summed E-state index contributed by atoms with van der Waals surface area (Å²) in [5.74, 6) is 3.50. The van der Waals surface area contributed by atoms with Crippen LogP contribution in [0.5, 0.6) is 0 Å². The topological polar surface area (TPSA) is 49.4 Å². The lowest BCUT2D eigenvalue weighted by molar-refractivity contribution is -0.152. The van der Waals surface area contributed by atoms with Gasteiger partial charge in [-0.3, -0.25) is 9.59 Å². The molecule has 2 saturated heterocycles. The summed E-state index contributed by atoms with van der Waals surface area (Å²) in [6, 6.07) is -0.710. The van der Waals surface area contributed by atoms with Gasteiger partial charge < -0.3 is 10.2 Å². The Morgan fingerprint density at radius 3 is 2.52 bits per heavy atom. The molecule has 2 rings (SSSR count). The van der Waals surface area contributed by atoms with Crippen LogP contribution in [0.3, 0.4) is 0 Å². The van der Waals surface area contributed by atoms with E-state index >= 15 is 0 Å². The monoisotopic (exact) mass is 330 g/mol. The van der Waals surface area contributed by atoms with E-state index in [9.17, 15) is 9.59 Å². The summed E-state index contributed by atoms with van der Waals surface area (Å²) in [6.07, 6.45) is 0.680. The van der Waals surface area contributed by atoms with E-state index in [1.807, 2.05) is 56.1 Å².